The molecule has 7 heteroatoms. The van der Waals surface area contributed by atoms with Crippen LogP contribution in [0.1, 0.15) is 21.6 Å². The van der Waals surface area contributed by atoms with Gasteiger partial charge in [0.05, 0.1) is 6.54 Å². The summed E-state index contributed by atoms with van der Waals surface area (Å²) >= 11 is 0. The molecular weight excluding hydrogens is 404 g/mol. The molecule has 4 rings (SSSR count). The molecule has 1 aliphatic rings. The van der Waals surface area contributed by atoms with Gasteiger partial charge >= 0.3 is 0 Å². The molecule has 1 fully saturated rings. The normalized spacial score (nSPS) is 13.8. The van der Waals surface area contributed by atoms with Gasteiger partial charge in [-0.3, -0.25) is 9.59 Å². The molecule has 1 aromatic heterocycles. The number of benzene rings is 2. The molecule has 7 nitrogen and oxygen atoms in total. The zero-order chi connectivity index (χ0) is 22.5. The lowest BCUT2D eigenvalue weighted by Gasteiger charge is -2.37. The third kappa shape index (κ3) is 4.82. The summed E-state index contributed by atoms with van der Waals surface area (Å²) in [5, 5.41) is 4.30. The zero-order valence-corrected chi connectivity index (χ0v) is 18.5. The monoisotopic (exact) mass is 432 g/mol. The number of anilines is 1. The van der Waals surface area contributed by atoms with Crippen LogP contribution in [-0.2, 0) is 6.54 Å². The molecule has 0 atom stereocenters. The van der Waals surface area contributed by atoms with Gasteiger partial charge in [-0.1, -0.05) is 30.3 Å². The van der Waals surface area contributed by atoms with E-state index in [1.54, 1.807) is 4.90 Å². The number of nitrogens with zero attached hydrogens (tertiary/aromatic N) is 4. The smallest absolute Gasteiger partial charge is 0.274 e. The lowest BCUT2D eigenvalue weighted by Crippen LogP contribution is -2.49. The number of carbonyl (C=O) groups is 1. The van der Waals surface area contributed by atoms with Gasteiger partial charge in [0.25, 0.3) is 11.5 Å². The van der Waals surface area contributed by atoms with Crippen LogP contribution in [0.2, 0.25) is 0 Å². The molecule has 0 radical (unpaired) electrons. The van der Waals surface area contributed by atoms with Crippen molar-refractivity contribution < 1.29 is 9.53 Å². The highest BCUT2D eigenvalue weighted by molar-refractivity contribution is 5.92. The van der Waals surface area contributed by atoms with Crippen molar-refractivity contribution >= 4 is 11.6 Å². The van der Waals surface area contributed by atoms with Gasteiger partial charge in [0.2, 0.25) is 0 Å². The first kappa shape index (κ1) is 21.6. The van der Waals surface area contributed by atoms with Crippen molar-refractivity contribution in [3.05, 3.63) is 87.8 Å². The second-order valence-electron chi connectivity index (χ2n) is 7.94. The second-order valence-corrected chi connectivity index (χ2v) is 7.94. The Morgan fingerprint density at radius 3 is 2.44 bits per heavy atom. The van der Waals surface area contributed by atoms with E-state index in [9.17, 15) is 9.59 Å². The number of rotatable bonds is 6. The molecule has 0 spiro atoms. The Balaban J connectivity index is 1.38. The summed E-state index contributed by atoms with van der Waals surface area (Å²) in [6.45, 7) is 7.58. The topological polar surface area (TPSA) is 67.7 Å². The van der Waals surface area contributed by atoms with E-state index in [2.05, 4.69) is 42.0 Å². The minimum absolute atomic E-state index is 0.150. The average molecular weight is 433 g/mol. The summed E-state index contributed by atoms with van der Waals surface area (Å²) in [6, 6.07) is 18.6. The van der Waals surface area contributed by atoms with E-state index in [1.165, 1.54) is 33.6 Å². The highest BCUT2D eigenvalue weighted by Gasteiger charge is 2.24. The minimum atomic E-state index is -0.252. The molecule has 166 valence electrons. The largest absolute Gasteiger partial charge is 0.492 e. The standard InChI is InChI=1S/C25H28N4O3/c1-19-7-6-10-23(20(19)2)27-13-15-28(16-14-27)25(31)22-11-12-24(30)29(26-22)17-18-32-21-8-4-3-5-9-21/h3-12H,13-18H2,1-2H3. The van der Waals surface area contributed by atoms with Crippen LogP contribution in [0, 0.1) is 13.8 Å². The number of amides is 1. The van der Waals surface area contributed by atoms with Crippen molar-refractivity contribution in [1.29, 1.82) is 0 Å². The molecule has 0 saturated carbocycles. The van der Waals surface area contributed by atoms with E-state index in [0.29, 0.717) is 19.7 Å². The fourth-order valence-electron chi connectivity index (χ4n) is 3.88. The first-order valence-corrected chi connectivity index (χ1v) is 10.9. The average Bonchev–Trinajstić information content (AvgIpc) is 2.82. The summed E-state index contributed by atoms with van der Waals surface area (Å²) in [7, 11) is 0. The van der Waals surface area contributed by atoms with Crippen molar-refractivity contribution in [2.75, 3.05) is 37.7 Å². The Hall–Kier alpha value is -3.61. The van der Waals surface area contributed by atoms with Crippen LogP contribution >= 0.6 is 0 Å². The van der Waals surface area contributed by atoms with Gasteiger partial charge in [0.15, 0.2) is 0 Å². The first-order chi connectivity index (χ1) is 15.5. The lowest BCUT2D eigenvalue weighted by atomic mass is 10.1. The van der Waals surface area contributed by atoms with Gasteiger partial charge < -0.3 is 14.5 Å². The Bertz CT molecular complexity index is 1140. The van der Waals surface area contributed by atoms with Gasteiger partial charge in [-0.25, -0.2) is 4.68 Å². The minimum Gasteiger partial charge on any atom is -0.492 e. The molecule has 1 saturated heterocycles. The summed E-state index contributed by atoms with van der Waals surface area (Å²) in [4.78, 5) is 29.3. The van der Waals surface area contributed by atoms with E-state index in [-0.39, 0.29) is 23.7 Å². The maximum Gasteiger partial charge on any atom is 0.274 e. The van der Waals surface area contributed by atoms with E-state index < -0.39 is 0 Å². The van der Waals surface area contributed by atoms with Crippen LogP contribution in [0.4, 0.5) is 5.69 Å². The molecule has 2 aromatic carbocycles. The van der Waals surface area contributed by atoms with Crippen LogP contribution in [-0.4, -0.2) is 53.4 Å². The van der Waals surface area contributed by atoms with Crippen LogP contribution in [0.5, 0.6) is 5.75 Å². The maximum absolute atomic E-state index is 13.0. The highest BCUT2D eigenvalue weighted by atomic mass is 16.5. The number of hydrogen-bond donors (Lipinski definition) is 0. The quantitative estimate of drug-likeness (QED) is 0.599. The molecule has 1 amide bonds. The predicted molar refractivity (Wildman–Crippen MR) is 124 cm³/mol. The molecule has 2 heterocycles. The Morgan fingerprint density at radius 2 is 1.69 bits per heavy atom. The Morgan fingerprint density at radius 1 is 0.938 bits per heavy atom. The van der Waals surface area contributed by atoms with E-state index in [1.807, 2.05) is 30.3 Å². The number of aromatic nitrogens is 2. The number of piperazine rings is 1. The first-order valence-electron chi connectivity index (χ1n) is 10.9. The van der Waals surface area contributed by atoms with Crippen molar-refractivity contribution in [3.63, 3.8) is 0 Å². The van der Waals surface area contributed by atoms with E-state index >= 15 is 0 Å². The van der Waals surface area contributed by atoms with Crippen molar-refractivity contribution in [3.8, 4) is 5.75 Å². The SMILES string of the molecule is Cc1cccc(N2CCN(C(=O)c3ccc(=O)n(CCOc4ccccc4)n3)CC2)c1C. The molecular formula is C25H28N4O3. The molecule has 32 heavy (non-hydrogen) atoms. The summed E-state index contributed by atoms with van der Waals surface area (Å²) < 4.78 is 6.95. The summed E-state index contributed by atoms with van der Waals surface area (Å²) in [5.74, 6) is 0.581. The number of aryl methyl sites for hydroxylation is 1. The molecule has 0 unspecified atom stereocenters. The van der Waals surface area contributed by atoms with Crippen LogP contribution in [0.25, 0.3) is 0 Å². The highest BCUT2D eigenvalue weighted by Crippen LogP contribution is 2.24. The third-order valence-corrected chi connectivity index (χ3v) is 5.88. The summed E-state index contributed by atoms with van der Waals surface area (Å²) in [6.07, 6.45) is 0. The molecule has 0 aliphatic carbocycles. The Kier molecular flexibility index (Phi) is 6.54. The lowest BCUT2D eigenvalue weighted by molar-refractivity contribution is 0.0737. The fraction of sp³-hybridized carbons (Fsp3) is 0.320. The molecule has 0 N–H and O–H groups in total. The zero-order valence-electron chi connectivity index (χ0n) is 18.5. The number of hydrogen-bond acceptors (Lipinski definition) is 5. The van der Waals surface area contributed by atoms with Gasteiger partial charge in [0, 0.05) is 37.9 Å². The van der Waals surface area contributed by atoms with Gasteiger partial charge in [-0.2, -0.15) is 5.10 Å². The molecule has 0 bridgehead atoms. The number of para-hydroxylation sites is 1. The van der Waals surface area contributed by atoms with Gasteiger partial charge in [0.1, 0.15) is 18.1 Å². The van der Waals surface area contributed by atoms with Crippen molar-refractivity contribution in [1.82, 2.24) is 14.7 Å². The number of ether oxygens (including phenoxy) is 1. The third-order valence-electron chi connectivity index (χ3n) is 5.88. The maximum atomic E-state index is 13.0. The van der Waals surface area contributed by atoms with Gasteiger partial charge in [-0.05, 0) is 49.2 Å². The molecule has 1 aliphatic heterocycles. The predicted octanol–water partition coefficient (Wildman–Crippen LogP) is 2.90. The van der Waals surface area contributed by atoms with Crippen molar-refractivity contribution in [2.24, 2.45) is 0 Å². The van der Waals surface area contributed by atoms with Gasteiger partial charge in [-0.15, -0.1) is 0 Å². The van der Waals surface area contributed by atoms with Crippen LogP contribution < -0.4 is 15.2 Å². The molecule has 3 aromatic rings. The van der Waals surface area contributed by atoms with Crippen LogP contribution in [0.15, 0.2) is 65.5 Å². The fourth-order valence-corrected chi connectivity index (χ4v) is 3.88. The Labute approximate surface area is 187 Å². The second kappa shape index (κ2) is 9.68. The van der Waals surface area contributed by atoms with E-state index in [4.69, 9.17) is 4.74 Å². The number of carbonyl (C=O) groups excluding carboxylic acids is 1. The van der Waals surface area contributed by atoms with Crippen LogP contribution in [0.3, 0.4) is 0 Å². The van der Waals surface area contributed by atoms with Crippen molar-refractivity contribution in [2.45, 2.75) is 20.4 Å². The van der Waals surface area contributed by atoms with E-state index in [0.717, 1.165) is 18.8 Å². The summed E-state index contributed by atoms with van der Waals surface area (Å²) in [5.41, 5.74) is 3.80.